The van der Waals surface area contributed by atoms with Crippen molar-refractivity contribution in [1.82, 2.24) is 25.2 Å². The molecule has 0 saturated carbocycles. The van der Waals surface area contributed by atoms with Gasteiger partial charge in [-0.2, -0.15) is 4.98 Å². The number of furan rings is 1. The summed E-state index contributed by atoms with van der Waals surface area (Å²) in [6.45, 7) is 1.44. The molecule has 1 fully saturated rings. The van der Waals surface area contributed by atoms with E-state index in [1.54, 1.807) is 18.4 Å². The first-order valence-corrected chi connectivity index (χ1v) is 8.86. The van der Waals surface area contributed by atoms with Crippen molar-refractivity contribution in [2.75, 3.05) is 6.54 Å². The highest BCUT2D eigenvalue weighted by Gasteiger charge is 2.32. The Balaban J connectivity index is 1.33. The predicted octanol–water partition coefficient (Wildman–Crippen LogP) is 3.72. The van der Waals surface area contributed by atoms with Crippen molar-refractivity contribution in [1.29, 1.82) is 0 Å². The lowest BCUT2D eigenvalue weighted by atomic mass is 10.2. The van der Waals surface area contributed by atoms with Crippen molar-refractivity contribution < 1.29 is 13.4 Å². The van der Waals surface area contributed by atoms with E-state index in [-0.39, 0.29) is 6.04 Å². The van der Waals surface area contributed by atoms with E-state index >= 15 is 0 Å². The minimum absolute atomic E-state index is 0.0499. The van der Waals surface area contributed by atoms with Gasteiger partial charge < -0.3 is 13.4 Å². The molecular weight excluding hydrogens is 346 g/mol. The second-order valence-electron chi connectivity index (χ2n) is 6.43. The Labute approximate surface area is 154 Å². The van der Waals surface area contributed by atoms with E-state index in [0.717, 1.165) is 24.9 Å². The van der Waals surface area contributed by atoms with Crippen LogP contribution in [0.5, 0.6) is 0 Å². The number of nitrogens with zero attached hydrogens (tertiary/aromatic N) is 5. The second-order valence-corrected chi connectivity index (χ2v) is 6.43. The minimum Gasteiger partial charge on any atom is -0.459 e. The van der Waals surface area contributed by atoms with Crippen molar-refractivity contribution in [3.63, 3.8) is 0 Å². The number of benzene rings is 1. The Kier molecular flexibility index (Phi) is 4.02. The normalized spacial score (nSPS) is 17.6. The number of hydrogen-bond donors (Lipinski definition) is 0. The molecule has 0 amide bonds. The Morgan fingerprint density at radius 3 is 2.85 bits per heavy atom. The molecule has 5 rings (SSSR count). The molecule has 4 heterocycles. The van der Waals surface area contributed by atoms with Crippen LogP contribution < -0.4 is 0 Å². The van der Waals surface area contributed by atoms with Crippen LogP contribution in [0.1, 0.15) is 30.7 Å². The summed E-state index contributed by atoms with van der Waals surface area (Å²) in [4.78, 5) is 6.82. The molecule has 27 heavy (non-hydrogen) atoms. The van der Waals surface area contributed by atoms with Gasteiger partial charge in [-0.05, 0) is 31.5 Å². The van der Waals surface area contributed by atoms with Gasteiger partial charge in [-0.3, -0.25) is 4.90 Å². The van der Waals surface area contributed by atoms with E-state index in [1.807, 2.05) is 30.3 Å². The zero-order valence-corrected chi connectivity index (χ0v) is 14.5. The molecule has 136 valence electrons. The number of aromatic nitrogens is 4. The zero-order valence-electron chi connectivity index (χ0n) is 14.5. The van der Waals surface area contributed by atoms with Crippen LogP contribution in [0.25, 0.3) is 23.0 Å². The van der Waals surface area contributed by atoms with Crippen LogP contribution in [0.15, 0.2) is 62.1 Å². The molecule has 0 unspecified atom stereocenters. The topological polar surface area (TPSA) is 94.2 Å². The van der Waals surface area contributed by atoms with Crippen LogP contribution in [0.4, 0.5) is 0 Å². The van der Waals surface area contributed by atoms with Crippen molar-refractivity contribution >= 4 is 0 Å². The van der Waals surface area contributed by atoms with Gasteiger partial charge in [0.15, 0.2) is 5.76 Å². The van der Waals surface area contributed by atoms with Gasteiger partial charge in [0.25, 0.3) is 5.89 Å². The number of hydrogen-bond acceptors (Lipinski definition) is 8. The Morgan fingerprint density at radius 1 is 1.07 bits per heavy atom. The van der Waals surface area contributed by atoms with Gasteiger partial charge in [0.05, 0.1) is 18.8 Å². The zero-order chi connectivity index (χ0) is 18.1. The first-order valence-electron chi connectivity index (χ1n) is 8.86. The maximum atomic E-state index is 5.72. The van der Waals surface area contributed by atoms with Crippen molar-refractivity contribution in [2.24, 2.45) is 0 Å². The van der Waals surface area contributed by atoms with E-state index in [2.05, 4.69) is 25.2 Å². The van der Waals surface area contributed by atoms with E-state index in [4.69, 9.17) is 13.4 Å². The highest BCUT2D eigenvalue weighted by atomic mass is 16.5. The standard InChI is InChI=1S/C19H17N5O3/c1-2-6-13(7-3-1)17-20-18(27-23-17)14-8-4-10-24(14)12-16-21-22-19(26-16)15-9-5-11-25-15/h1-3,5-7,9,11,14H,4,8,10,12H2/t14-/m0/s1. The third-order valence-corrected chi connectivity index (χ3v) is 4.66. The number of rotatable bonds is 5. The lowest BCUT2D eigenvalue weighted by molar-refractivity contribution is 0.186. The molecule has 1 aliphatic heterocycles. The van der Waals surface area contributed by atoms with Crippen LogP contribution in [0.3, 0.4) is 0 Å². The molecule has 1 atom stereocenters. The monoisotopic (exact) mass is 363 g/mol. The molecule has 0 bridgehead atoms. The molecule has 4 aromatic rings. The SMILES string of the molecule is c1ccc(-c2noc([C@@H]3CCCN3Cc3nnc(-c4ccco4)o3)n2)cc1. The fraction of sp³-hybridized carbons (Fsp3) is 0.263. The predicted molar refractivity (Wildman–Crippen MR) is 94.1 cm³/mol. The Bertz CT molecular complexity index is 1010. The molecule has 0 aliphatic carbocycles. The molecule has 8 heteroatoms. The van der Waals surface area contributed by atoms with Crippen LogP contribution in [0, 0.1) is 0 Å². The number of likely N-dealkylation sites (tertiary alicyclic amines) is 1. The van der Waals surface area contributed by atoms with Gasteiger partial charge in [0, 0.05) is 5.56 Å². The van der Waals surface area contributed by atoms with Crippen LogP contribution >= 0.6 is 0 Å². The van der Waals surface area contributed by atoms with Gasteiger partial charge in [0.2, 0.25) is 17.6 Å². The summed E-state index contributed by atoms with van der Waals surface area (Å²) in [6.07, 6.45) is 3.58. The fourth-order valence-corrected chi connectivity index (χ4v) is 3.36. The largest absolute Gasteiger partial charge is 0.459 e. The van der Waals surface area contributed by atoms with Gasteiger partial charge in [0.1, 0.15) is 0 Å². The Hall–Kier alpha value is -3.26. The summed E-state index contributed by atoms with van der Waals surface area (Å²) in [6, 6.07) is 13.4. The smallest absolute Gasteiger partial charge is 0.283 e. The van der Waals surface area contributed by atoms with Gasteiger partial charge in [-0.1, -0.05) is 35.5 Å². The lowest BCUT2D eigenvalue weighted by Crippen LogP contribution is -2.23. The van der Waals surface area contributed by atoms with Crippen molar-refractivity contribution in [2.45, 2.75) is 25.4 Å². The third kappa shape index (κ3) is 3.15. The van der Waals surface area contributed by atoms with E-state index in [0.29, 0.717) is 35.8 Å². The fourth-order valence-electron chi connectivity index (χ4n) is 3.36. The summed E-state index contributed by atoms with van der Waals surface area (Å²) in [5.74, 6) is 2.72. The third-order valence-electron chi connectivity index (χ3n) is 4.66. The summed E-state index contributed by atoms with van der Waals surface area (Å²) >= 11 is 0. The molecule has 1 saturated heterocycles. The molecule has 8 nitrogen and oxygen atoms in total. The second kappa shape index (κ2) is 6.81. The van der Waals surface area contributed by atoms with E-state index in [1.165, 1.54) is 0 Å². The molecular formula is C19H17N5O3. The van der Waals surface area contributed by atoms with Crippen molar-refractivity contribution in [3.05, 3.63) is 60.5 Å². The summed E-state index contributed by atoms with van der Waals surface area (Å²) < 4.78 is 16.6. The summed E-state index contributed by atoms with van der Waals surface area (Å²) in [7, 11) is 0. The maximum absolute atomic E-state index is 5.72. The first kappa shape index (κ1) is 16.0. The molecule has 0 N–H and O–H groups in total. The maximum Gasteiger partial charge on any atom is 0.283 e. The quantitative estimate of drug-likeness (QED) is 0.529. The van der Waals surface area contributed by atoms with Crippen LogP contribution in [0.2, 0.25) is 0 Å². The van der Waals surface area contributed by atoms with Gasteiger partial charge in [-0.15, -0.1) is 10.2 Å². The Morgan fingerprint density at radius 2 is 2.00 bits per heavy atom. The molecule has 1 aliphatic rings. The minimum atomic E-state index is 0.0499. The highest BCUT2D eigenvalue weighted by molar-refractivity contribution is 5.53. The molecule has 1 aromatic carbocycles. The molecule has 3 aromatic heterocycles. The average Bonchev–Trinajstić information content (AvgIpc) is 3.48. The van der Waals surface area contributed by atoms with E-state index in [9.17, 15) is 0 Å². The first-order chi connectivity index (χ1) is 13.4. The van der Waals surface area contributed by atoms with Crippen LogP contribution in [-0.2, 0) is 6.54 Å². The highest BCUT2D eigenvalue weighted by Crippen LogP contribution is 2.33. The average molecular weight is 363 g/mol. The van der Waals surface area contributed by atoms with Crippen LogP contribution in [-0.4, -0.2) is 31.8 Å². The van der Waals surface area contributed by atoms with Gasteiger partial charge in [-0.25, -0.2) is 0 Å². The van der Waals surface area contributed by atoms with Gasteiger partial charge >= 0.3 is 0 Å². The van der Waals surface area contributed by atoms with Crippen molar-refractivity contribution in [3.8, 4) is 23.0 Å². The van der Waals surface area contributed by atoms with E-state index < -0.39 is 0 Å². The summed E-state index contributed by atoms with van der Waals surface area (Å²) in [5, 5.41) is 12.3. The lowest BCUT2D eigenvalue weighted by Gasteiger charge is -2.19. The summed E-state index contributed by atoms with van der Waals surface area (Å²) in [5.41, 5.74) is 0.942. The molecule has 0 spiro atoms. The molecule has 0 radical (unpaired) electrons.